The van der Waals surface area contributed by atoms with Crippen LogP contribution in [0.25, 0.3) is 6.08 Å². The molecular formula is C24H26N2O5S. The van der Waals surface area contributed by atoms with Crippen molar-refractivity contribution >= 4 is 35.4 Å². The number of aliphatic carboxylic acids is 1. The van der Waals surface area contributed by atoms with E-state index in [4.69, 9.17) is 5.11 Å². The minimum atomic E-state index is -0.825. The minimum Gasteiger partial charge on any atom is -0.481 e. The Labute approximate surface area is 191 Å². The van der Waals surface area contributed by atoms with E-state index in [0.29, 0.717) is 42.3 Å². The molecular weight excluding hydrogens is 428 g/mol. The second kappa shape index (κ2) is 10.5. The summed E-state index contributed by atoms with van der Waals surface area (Å²) in [5.41, 5.74) is 1.69. The van der Waals surface area contributed by atoms with E-state index in [1.807, 2.05) is 24.3 Å². The van der Waals surface area contributed by atoms with E-state index in [-0.39, 0.29) is 11.6 Å². The van der Waals surface area contributed by atoms with Gasteiger partial charge in [-0.1, -0.05) is 49.9 Å². The third-order valence-corrected chi connectivity index (χ3v) is 6.67. The molecule has 1 fully saturated rings. The lowest BCUT2D eigenvalue weighted by molar-refractivity contribution is -0.387. The molecule has 1 aliphatic rings. The van der Waals surface area contributed by atoms with Gasteiger partial charge in [0.1, 0.15) is 0 Å². The van der Waals surface area contributed by atoms with Crippen molar-refractivity contribution in [1.82, 2.24) is 4.90 Å². The summed E-state index contributed by atoms with van der Waals surface area (Å²) < 4.78 is 0. The van der Waals surface area contributed by atoms with Crippen LogP contribution in [0.4, 0.5) is 5.69 Å². The molecule has 0 aliphatic carbocycles. The molecule has 1 aliphatic heterocycles. The van der Waals surface area contributed by atoms with Gasteiger partial charge in [0.25, 0.3) is 5.69 Å². The van der Waals surface area contributed by atoms with Crippen molar-refractivity contribution in [2.45, 2.75) is 42.4 Å². The van der Waals surface area contributed by atoms with E-state index in [0.717, 1.165) is 10.5 Å². The first-order valence-corrected chi connectivity index (χ1v) is 11.3. The molecule has 32 heavy (non-hydrogen) atoms. The standard InChI is InChI=1S/C24H26N2O5S/c1-16(2)19-5-3-4-6-21(19)32-22-9-7-17(15-20(22)26(30)31)8-10-23(27)25-13-11-18(12-14-25)24(28)29/h3-10,15-16,18H,11-14H2,1-2H3,(H,28,29). The first kappa shape index (κ1) is 23.5. The molecule has 0 bridgehead atoms. The Morgan fingerprint density at radius 3 is 2.47 bits per heavy atom. The predicted octanol–water partition coefficient (Wildman–Crippen LogP) is 5.21. The zero-order valence-corrected chi connectivity index (χ0v) is 18.9. The minimum absolute atomic E-state index is 0.00886. The van der Waals surface area contributed by atoms with Gasteiger partial charge in [-0.25, -0.2) is 0 Å². The second-order valence-electron chi connectivity index (χ2n) is 8.05. The van der Waals surface area contributed by atoms with Crippen molar-refractivity contribution in [3.63, 3.8) is 0 Å². The second-order valence-corrected chi connectivity index (χ2v) is 9.13. The number of hydrogen-bond donors (Lipinski definition) is 1. The van der Waals surface area contributed by atoms with Crippen molar-refractivity contribution in [2.75, 3.05) is 13.1 Å². The number of nitro benzene ring substituents is 1. The lowest BCUT2D eigenvalue weighted by atomic mass is 9.97. The van der Waals surface area contributed by atoms with E-state index in [9.17, 15) is 19.7 Å². The van der Waals surface area contributed by atoms with Gasteiger partial charge < -0.3 is 10.0 Å². The maximum atomic E-state index is 12.4. The van der Waals surface area contributed by atoms with E-state index < -0.39 is 16.8 Å². The summed E-state index contributed by atoms with van der Waals surface area (Å²) in [5, 5.41) is 20.8. The number of likely N-dealkylation sites (tertiary alicyclic amines) is 1. The van der Waals surface area contributed by atoms with Crippen LogP contribution in [0.1, 0.15) is 43.7 Å². The number of nitrogens with zero attached hydrogens (tertiary/aromatic N) is 2. The van der Waals surface area contributed by atoms with E-state index in [2.05, 4.69) is 13.8 Å². The Bertz CT molecular complexity index is 1040. The van der Waals surface area contributed by atoms with Crippen LogP contribution < -0.4 is 0 Å². The van der Waals surface area contributed by atoms with Gasteiger partial charge in [-0.2, -0.15) is 0 Å². The molecule has 0 atom stereocenters. The predicted molar refractivity (Wildman–Crippen MR) is 124 cm³/mol. The molecule has 0 spiro atoms. The summed E-state index contributed by atoms with van der Waals surface area (Å²) in [7, 11) is 0. The van der Waals surface area contributed by atoms with Gasteiger partial charge in [0.2, 0.25) is 5.91 Å². The van der Waals surface area contributed by atoms with Crippen LogP contribution in [0.5, 0.6) is 0 Å². The average Bonchev–Trinajstić information content (AvgIpc) is 2.78. The Morgan fingerprint density at radius 2 is 1.84 bits per heavy atom. The molecule has 0 saturated carbocycles. The summed E-state index contributed by atoms with van der Waals surface area (Å²) in [5.74, 6) is -1.15. The molecule has 2 aromatic rings. The highest BCUT2D eigenvalue weighted by atomic mass is 32.2. The van der Waals surface area contributed by atoms with Gasteiger partial charge in [-0.05, 0) is 48.1 Å². The number of nitro groups is 1. The number of carboxylic acid groups (broad SMARTS) is 1. The molecule has 0 aromatic heterocycles. The third kappa shape index (κ3) is 5.76. The van der Waals surface area contributed by atoms with Gasteiger partial charge >= 0.3 is 5.97 Å². The van der Waals surface area contributed by atoms with Crippen molar-refractivity contribution < 1.29 is 19.6 Å². The molecule has 3 rings (SSSR count). The van der Waals surface area contributed by atoms with Crippen LogP contribution in [0.2, 0.25) is 0 Å². The number of piperidine rings is 1. The Morgan fingerprint density at radius 1 is 1.16 bits per heavy atom. The largest absolute Gasteiger partial charge is 0.481 e. The monoisotopic (exact) mass is 454 g/mol. The summed E-state index contributed by atoms with van der Waals surface area (Å²) in [6, 6.07) is 12.8. The van der Waals surface area contributed by atoms with Crippen molar-refractivity contribution in [3.8, 4) is 0 Å². The highest BCUT2D eigenvalue weighted by molar-refractivity contribution is 7.99. The highest BCUT2D eigenvalue weighted by Crippen LogP contribution is 2.39. The Kier molecular flexibility index (Phi) is 7.69. The van der Waals surface area contributed by atoms with Crippen LogP contribution in [0, 0.1) is 16.0 Å². The highest BCUT2D eigenvalue weighted by Gasteiger charge is 2.26. The molecule has 1 N–H and O–H groups in total. The first-order valence-electron chi connectivity index (χ1n) is 10.5. The average molecular weight is 455 g/mol. The number of benzene rings is 2. The summed E-state index contributed by atoms with van der Waals surface area (Å²) in [6.07, 6.45) is 3.82. The molecule has 0 radical (unpaired) electrons. The molecule has 2 aromatic carbocycles. The lowest BCUT2D eigenvalue weighted by Gasteiger charge is -2.29. The number of amides is 1. The van der Waals surface area contributed by atoms with Crippen LogP contribution >= 0.6 is 11.8 Å². The molecule has 1 heterocycles. The molecule has 0 unspecified atom stereocenters. The smallest absolute Gasteiger partial charge is 0.306 e. The fourth-order valence-electron chi connectivity index (χ4n) is 3.66. The fourth-order valence-corrected chi connectivity index (χ4v) is 4.83. The van der Waals surface area contributed by atoms with Crippen molar-refractivity contribution in [1.29, 1.82) is 0 Å². The lowest BCUT2D eigenvalue weighted by Crippen LogP contribution is -2.39. The maximum Gasteiger partial charge on any atom is 0.306 e. The number of carbonyl (C=O) groups is 2. The number of rotatable bonds is 7. The first-order chi connectivity index (χ1) is 15.3. The summed E-state index contributed by atoms with van der Waals surface area (Å²) >= 11 is 1.37. The Hall–Kier alpha value is -3.13. The summed E-state index contributed by atoms with van der Waals surface area (Å²) in [6.45, 7) is 4.96. The van der Waals surface area contributed by atoms with Gasteiger partial charge in [0.15, 0.2) is 0 Å². The van der Waals surface area contributed by atoms with Crippen LogP contribution in [0.3, 0.4) is 0 Å². The molecule has 8 heteroatoms. The number of carbonyl (C=O) groups excluding carboxylic acids is 1. The number of carboxylic acids is 1. The van der Waals surface area contributed by atoms with E-state index in [1.165, 1.54) is 23.9 Å². The van der Waals surface area contributed by atoms with Gasteiger partial charge in [0.05, 0.1) is 15.7 Å². The fraction of sp³-hybridized carbons (Fsp3) is 0.333. The Balaban J connectivity index is 1.74. The van der Waals surface area contributed by atoms with Crippen LogP contribution in [0.15, 0.2) is 58.3 Å². The van der Waals surface area contributed by atoms with Gasteiger partial charge in [-0.3, -0.25) is 19.7 Å². The SMILES string of the molecule is CC(C)c1ccccc1Sc1ccc(C=CC(=O)N2CCC(C(=O)O)CC2)cc1[N+](=O)[O-]. The topological polar surface area (TPSA) is 101 Å². The van der Waals surface area contributed by atoms with Gasteiger partial charge in [0, 0.05) is 30.1 Å². The normalized spacial score (nSPS) is 14.8. The molecule has 1 saturated heterocycles. The van der Waals surface area contributed by atoms with E-state index >= 15 is 0 Å². The van der Waals surface area contributed by atoms with Gasteiger partial charge in [-0.15, -0.1) is 0 Å². The van der Waals surface area contributed by atoms with E-state index in [1.54, 1.807) is 23.1 Å². The zero-order chi connectivity index (χ0) is 23.3. The quantitative estimate of drug-likeness (QED) is 0.350. The zero-order valence-electron chi connectivity index (χ0n) is 18.1. The molecule has 7 nitrogen and oxygen atoms in total. The van der Waals surface area contributed by atoms with Crippen LogP contribution in [-0.2, 0) is 9.59 Å². The number of hydrogen-bond acceptors (Lipinski definition) is 5. The van der Waals surface area contributed by atoms with Crippen molar-refractivity contribution in [2.24, 2.45) is 5.92 Å². The maximum absolute atomic E-state index is 12.4. The third-order valence-electron chi connectivity index (χ3n) is 5.51. The molecule has 1 amide bonds. The molecule has 168 valence electrons. The van der Waals surface area contributed by atoms with Crippen molar-refractivity contribution in [3.05, 3.63) is 69.8 Å². The summed E-state index contributed by atoms with van der Waals surface area (Å²) in [4.78, 5) is 37.9. The van der Waals surface area contributed by atoms with Crippen LogP contribution in [-0.4, -0.2) is 39.9 Å².